The maximum atomic E-state index is 10.4. The molecule has 0 bridgehead atoms. The minimum atomic E-state index is -1.94. The van der Waals surface area contributed by atoms with Crippen molar-refractivity contribution >= 4 is 11.7 Å². The van der Waals surface area contributed by atoms with Crippen molar-refractivity contribution in [2.45, 2.75) is 12.2 Å². The molecule has 0 spiro atoms. The highest BCUT2D eigenvalue weighted by atomic mass is 16.4. The summed E-state index contributed by atoms with van der Waals surface area (Å²) in [7, 11) is 0. The van der Waals surface area contributed by atoms with Gasteiger partial charge >= 0.3 is 5.97 Å². The molecule has 0 saturated heterocycles. The average Bonchev–Trinajstić information content (AvgIpc) is 2.19. The fourth-order valence-corrected chi connectivity index (χ4v) is 1.06. The predicted molar refractivity (Wildman–Crippen MR) is 51.1 cm³/mol. The Morgan fingerprint density at radius 3 is 2.40 bits per heavy atom. The molecule has 0 aliphatic rings. The Labute approximate surface area is 85.2 Å². The number of aliphatic carboxylic acids is 1. The summed E-state index contributed by atoms with van der Waals surface area (Å²) in [5, 5.41) is 36.1. The van der Waals surface area contributed by atoms with Gasteiger partial charge in [0.1, 0.15) is 11.9 Å². The molecule has 0 amide bonds. The van der Waals surface area contributed by atoms with Crippen LogP contribution in [0.3, 0.4) is 0 Å². The zero-order chi connectivity index (χ0) is 11.6. The van der Waals surface area contributed by atoms with Crippen LogP contribution in [0.25, 0.3) is 0 Å². The third kappa shape index (κ3) is 2.36. The molecule has 2 unspecified atom stereocenters. The molecule has 6 N–H and O–H groups in total. The van der Waals surface area contributed by atoms with Crippen LogP contribution in [-0.2, 0) is 4.79 Å². The summed E-state index contributed by atoms with van der Waals surface area (Å²) in [5.41, 5.74) is 5.50. The third-order valence-electron chi connectivity index (χ3n) is 1.95. The highest BCUT2D eigenvalue weighted by molar-refractivity contribution is 5.73. The van der Waals surface area contributed by atoms with E-state index < -0.39 is 18.2 Å². The Morgan fingerprint density at radius 1 is 1.33 bits per heavy atom. The molecule has 1 aromatic rings. The number of anilines is 1. The number of carboxylic acids is 1. The summed E-state index contributed by atoms with van der Waals surface area (Å²) in [4.78, 5) is 10.4. The normalized spacial score (nSPS) is 14.5. The molecule has 0 saturated carbocycles. The Morgan fingerprint density at radius 2 is 1.93 bits per heavy atom. The van der Waals surface area contributed by atoms with Gasteiger partial charge in [-0.2, -0.15) is 0 Å². The summed E-state index contributed by atoms with van der Waals surface area (Å²) >= 11 is 0. The van der Waals surface area contributed by atoms with E-state index in [4.69, 9.17) is 15.9 Å². The van der Waals surface area contributed by atoms with Gasteiger partial charge in [0.15, 0.2) is 6.10 Å². The van der Waals surface area contributed by atoms with E-state index in [1.54, 1.807) is 0 Å². The number of aliphatic hydroxyl groups excluding tert-OH is 2. The van der Waals surface area contributed by atoms with Gasteiger partial charge in [-0.3, -0.25) is 0 Å². The van der Waals surface area contributed by atoms with E-state index in [-0.39, 0.29) is 17.0 Å². The van der Waals surface area contributed by atoms with Crippen molar-refractivity contribution in [2.24, 2.45) is 0 Å². The van der Waals surface area contributed by atoms with Gasteiger partial charge < -0.3 is 26.2 Å². The number of hydrogen-bond acceptors (Lipinski definition) is 5. The second-order valence-corrected chi connectivity index (χ2v) is 3.05. The van der Waals surface area contributed by atoms with Crippen LogP contribution in [0.1, 0.15) is 11.7 Å². The number of phenolic OH excluding ortho intramolecular Hbond substituents is 1. The second kappa shape index (κ2) is 4.16. The lowest BCUT2D eigenvalue weighted by Gasteiger charge is -2.14. The van der Waals surface area contributed by atoms with Crippen molar-refractivity contribution in [3.05, 3.63) is 23.8 Å². The highest BCUT2D eigenvalue weighted by Crippen LogP contribution is 2.26. The summed E-state index contributed by atoms with van der Waals surface area (Å²) in [6.45, 7) is 0. The fourth-order valence-electron chi connectivity index (χ4n) is 1.06. The van der Waals surface area contributed by atoms with Crippen LogP contribution in [0.4, 0.5) is 5.69 Å². The van der Waals surface area contributed by atoms with Crippen molar-refractivity contribution in [2.75, 3.05) is 5.73 Å². The van der Waals surface area contributed by atoms with E-state index in [1.165, 1.54) is 12.1 Å². The van der Waals surface area contributed by atoms with Gasteiger partial charge in [-0.25, -0.2) is 4.79 Å². The van der Waals surface area contributed by atoms with Crippen molar-refractivity contribution in [3.8, 4) is 5.75 Å². The SMILES string of the molecule is Nc1ccc(C(O)C(O)C(=O)O)cc1O. The first-order valence-corrected chi connectivity index (χ1v) is 4.11. The Balaban J connectivity index is 2.96. The van der Waals surface area contributed by atoms with Crippen molar-refractivity contribution < 1.29 is 25.2 Å². The summed E-state index contributed by atoms with van der Waals surface area (Å²) in [5.74, 6) is -1.82. The molecular formula is C9H11NO5. The number of carboxylic acid groups (broad SMARTS) is 1. The lowest BCUT2D eigenvalue weighted by molar-refractivity contribution is -0.153. The topological polar surface area (TPSA) is 124 Å². The zero-order valence-corrected chi connectivity index (χ0v) is 7.66. The smallest absolute Gasteiger partial charge is 0.335 e. The average molecular weight is 213 g/mol. The van der Waals surface area contributed by atoms with Crippen molar-refractivity contribution in [1.29, 1.82) is 0 Å². The van der Waals surface area contributed by atoms with Gasteiger partial charge in [0, 0.05) is 0 Å². The van der Waals surface area contributed by atoms with Crippen LogP contribution in [-0.4, -0.2) is 32.5 Å². The molecule has 0 fully saturated rings. The molecule has 82 valence electrons. The lowest BCUT2D eigenvalue weighted by atomic mass is 10.0. The Kier molecular flexibility index (Phi) is 3.13. The second-order valence-electron chi connectivity index (χ2n) is 3.05. The summed E-state index contributed by atoms with van der Waals surface area (Å²) in [6, 6.07) is 3.74. The number of nitrogens with two attached hydrogens (primary N) is 1. The first-order valence-electron chi connectivity index (χ1n) is 4.11. The Hall–Kier alpha value is -1.79. The van der Waals surface area contributed by atoms with Crippen LogP contribution in [0.5, 0.6) is 5.75 Å². The zero-order valence-electron chi connectivity index (χ0n) is 7.66. The van der Waals surface area contributed by atoms with Gasteiger partial charge in [-0.1, -0.05) is 6.07 Å². The largest absolute Gasteiger partial charge is 0.506 e. The molecule has 6 heteroatoms. The van der Waals surface area contributed by atoms with Crippen LogP contribution in [0.15, 0.2) is 18.2 Å². The molecule has 0 aliphatic heterocycles. The highest BCUT2D eigenvalue weighted by Gasteiger charge is 2.25. The van der Waals surface area contributed by atoms with E-state index in [0.29, 0.717) is 0 Å². The van der Waals surface area contributed by atoms with E-state index in [1.807, 2.05) is 0 Å². The number of phenols is 1. The summed E-state index contributed by atoms with van der Waals surface area (Å²) in [6.07, 6.45) is -3.54. The molecular weight excluding hydrogens is 202 g/mol. The quantitative estimate of drug-likeness (QED) is 0.339. The summed E-state index contributed by atoms with van der Waals surface area (Å²) < 4.78 is 0. The van der Waals surface area contributed by atoms with Gasteiger partial charge in [0.25, 0.3) is 0 Å². The van der Waals surface area contributed by atoms with Gasteiger partial charge in [0.05, 0.1) is 5.69 Å². The number of benzene rings is 1. The first kappa shape index (κ1) is 11.3. The monoisotopic (exact) mass is 213 g/mol. The number of aromatic hydroxyl groups is 1. The molecule has 2 atom stereocenters. The van der Waals surface area contributed by atoms with Crippen LogP contribution >= 0.6 is 0 Å². The number of nitrogen functional groups attached to an aromatic ring is 1. The van der Waals surface area contributed by atoms with E-state index in [9.17, 15) is 15.0 Å². The minimum absolute atomic E-state index is 0.0802. The van der Waals surface area contributed by atoms with Crippen molar-refractivity contribution in [1.82, 2.24) is 0 Å². The first-order chi connectivity index (χ1) is 6.93. The number of carbonyl (C=O) groups is 1. The maximum absolute atomic E-state index is 10.4. The third-order valence-corrected chi connectivity index (χ3v) is 1.95. The van der Waals surface area contributed by atoms with E-state index in [0.717, 1.165) is 6.07 Å². The molecule has 0 aliphatic carbocycles. The van der Waals surface area contributed by atoms with E-state index in [2.05, 4.69) is 0 Å². The minimum Gasteiger partial charge on any atom is -0.506 e. The molecule has 1 rings (SSSR count). The number of hydrogen-bond donors (Lipinski definition) is 5. The molecule has 6 nitrogen and oxygen atoms in total. The number of aliphatic hydroxyl groups is 2. The van der Waals surface area contributed by atoms with E-state index >= 15 is 0 Å². The lowest BCUT2D eigenvalue weighted by Crippen LogP contribution is -2.27. The van der Waals surface area contributed by atoms with Crippen LogP contribution < -0.4 is 5.73 Å². The fraction of sp³-hybridized carbons (Fsp3) is 0.222. The molecule has 0 heterocycles. The maximum Gasteiger partial charge on any atom is 0.335 e. The van der Waals surface area contributed by atoms with Gasteiger partial charge in [0.2, 0.25) is 0 Å². The van der Waals surface area contributed by atoms with Gasteiger partial charge in [-0.15, -0.1) is 0 Å². The number of rotatable bonds is 3. The molecule has 0 radical (unpaired) electrons. The molecule has 15 heavy (non-hydrogen) atoms. The van der Waals surface area contributed by atoms with Gasteiger partial charge in [-0.05, 0) is 17.7 Å². The molecule has 1 aromatic carbocycles. The van der Waals surface area contributed by atoms with Crippen molar-refractivity contribution in [3.63, 3.8) is 0 Å². The standard InChI is InChI=1S/C9H11NO5/c10-5-2-1-4(3-6(5)11)7(12)8(13)9(14)15/h1-3,7-8,11-13H,10H2,(H,14,15). The molecule has 0 aromatic heterocycles. The predicted octanol–water partition coefficient (Wildman–Crippen LogP) is -0.547. The van der Waals surface area contributed by atoms with Crippen LogP contribution in [0, 0.1) is 0 Å². The Bertz CT molecular complexity index is 379. The van der Waals surface area contributed by atoms with Crippen LogP contribution in [0.2, 0.25) is 0 Å².